The molecule has 0 radical (unpaired) electrons. The molecule has 0 aromatic heterocycles. The van der Waals surface area contributed by atoms with Gasteiger partial charge in [0.05, 0.1) is 12.7 Å². The van der Waals surface area contributed by atoms with E-state index in [9.17, 15) is 14.7 Å². The number of urea groups is 1. The van der Waals surface area contributed by atoms with Gasteiger partial charge in [-0.3, -0.25) is 4.90 Å². The number of carbonyl (C=O) groups is 2. The number of ether oxygens (including phenoxy) is 1. The molecular weight excluding hydrogens is 260 g/mol. The summed E-state index contributed by atoms with van der Waals surface area (Å²) in [6.07, 6.45) is -3.86. The van der Waals surface area contributed by atoms with Crippen molar-refractivity contribution in [3.63, 3.8) is 0 Å². The number of guanidine groups is 1. The van der Waals surface area contributed by atoms with Gasteiger partial charge in [0, 0.05) is 6.42 Å². The fourth-order valence-electron chi connectivity index (χ4n) is 1.95. The largest absolute Gasteiger partial charge is 0.465 e. The van der Waals surface area contributed by atoms with E-state index in [2.05, 4.69) is 4.99 Å². The first-order valence-corrected chi connectivity index (χ1v) is 5.53. The molecule has 0 bridgehead atoms. The molecule has 1 saturated heterocycles. The Morgan fingerprint density at radius 2 is 2.26 bits per heavy atom. The fraction of sp³-hybridized carbons (Fsp3) is 0.667. The zero-order chi connectivity index (χ0) is 14.2. The SMILES string of the molecule is NC1=NC(=O)N(C2CC(O)C(CO)O2)CN1C(=O)O. The van der Waals surface area contributed by atoms with Crippen LogP contribution in [-0.2, 0) is 4.74 Å². The minimum absolute atomic E-state index is 0.0693. The average Bonchev–Trinajstić information content (AvgIpc) is 2.69. The topological polar surface area (TPSA) is 149 Å². The molecule has 0 aromatic carbocycles. The highest BCUT2D eigenvalue weighted by Gasteiger charge is 2.41. The van der Waals surface area contributed by atoms with Crippen molar-refractivity contribution < 1.29 is 29.6 Å². The van der Waals surface area contributed by atoms with Crippen molar-refractivity contribution in [1.29, 1.82) is 0 Å². The molecule has 1 fully saturated rings. The van der Waals surface area contributed by atoms with E-state index in [0.717, 1.165) is 4.90 Å². The first kappa shape index (κ1) is 13.5. The third-order valence-electron chi connectivity index (χ3n) is 2.99. The van der Waals surface area contributed by atoms with Gasteiger partial charge in [-0.1, -0.05) is 0 Å². The lowest BCUT2D eigenvalue weighted by atomic mass is 10.2. The molecule has 0 saturated carbocycles. The maximum absolute atomic E-state index is 11.7. The van der Waals surface area contributed by atoms with Crippen molar-refractivity contribution in [1.82, 2.24) is 9.80 Å². The van der Waals surface area contributed by atoms with E-state index in [1.54, 1.807) is 0 Å². The number of carbonyl (C=O) groups excluding carboxylic acids is 1. The molecule has 0 aromatic rings. The smallest absolute Gasteiger partial charge is 0.415 e. The van der Waals surface area contributed by atoms with E-state index < -0.39 is 43.1 Å². The Morgan fingerprint density at radius 1 is 1.58 bits per heavy atom. The summed E-state index contributed by atoms with van der Waals surface area (Å²) in [6.45, 7) is -0.729. The minimum Gasteiger partial charge on any atom is -0.465 e. The molecule has 2 rings (SSSR count). The van der Waals surface area contributed by atoms with E-state index in [1.807, 2.05) is 0 Å². The van der Waals surface area contributed by atoms with Crippen LogP contribution in [-0.4, -0.2) is 74.9 Å². The van der Waals surface area contributed by atoms with Crippen LogP contribution in [0, 0.1) is 0 Å². The van der Waals surface area contributed by atoms with E-state index in [4.69, 9.17) is 20.7 Å². The summed E-state index contributed by atoms with van der Waals surface area (Å²) in [5.74, 6) is -0.411. The van der Waals surface area contributed by atoms with Gasteiger partial charge >= 0.3 is 12.1 Å². The van der Waals surface area contributed by atoms with E-state index in [-0.39, 0.29) is 13.1 Å². The molecule has 10 nitrogen and oxygen atoms in total. The van der Waals surface area contributed by atoms with Gasteiger partial charge in [0.25, 0.3) is 0 Å². The Labute approximate surface area is 107 Å². The van der Waals surface area contributed by atoms with E-state index in [0.29, 0.717) is 4.90 Å². The number of carboxylic acid groups (broad SMARTS) is 1. The molecule has 3 unspecified atom stereocenters. The second-order valence-corrected chi connectivity index (χ2v) is 4.19. The van der Waals surface area contributed by atoms with E-state index in [1.165, 1.54) is 0 Å². The van der Waals surface area contributed by atoms with Crippen molar-refractivity contribution >= 4 is 18.1 Å². The van der Waals surface area contributed by atoms with Crippen LogP contribution in [0.25, 0.3) is 0 Å². The van der Waals surface area contributed by atoms with Gasteiger partial charge in [0.2, 0.25) is 5.96 Å². The summed E-state index contributed by atoms with van der Waals surface area (Å²) in [6, 6.07) is -0.745. The molecule has 19 heavy (non-hydrogen) atoms. The number of rotatable bonds is 2. The zero-order valence-electron chi connectivity index (χ0n) is 9.84. The monoisotopic (exact) mass is 274 g/mol. The van der Waals surface area contributed by atoms with Crippen LogP contribution in [0.3, 0.4) is 0 Å². The second-order valence-electron chi connectivity index (χ2n) is 4.19. The summed E-state index contributed by atoms with van der Waals surface area (Å²) in [5.41, 5.74) is 5.33. The van der Waals surface area contributed by atoms with Gasteiger partial charge in [-0.15, -0.1) is 0 Å². The van der Waals surface area contributed by atoms with Gasteiger partial charge in [0.1, 0.15) is 19.0 Å². The number of nitrogens with two attached hydrogens (primary N) is 1. The molecular formula is C9H14N4O6. The summed E-state index contributed by atoms with van der Waals surface area (Å²) >= 11 is 0. The van der Waals surface area contributed by atoms with E-state index >= 15 is 0 Å². The van der Waals surface area contributed by atoms with Crippen molar-refractivity contribution in [2.24, 2.45) is 10.7 Å². The lowest BCUT2D eigenvalue weighted by molar-refractivity contribution is -0.0701. The Balaban J connectivity index is 2.13. The lowest BCUT2D eigenvalue weighted by Gasteiger charge is -2.34. The van der Waals surface area contributed by atoms with Crippen LogP contribution in [0.4, 0.5) is 9.59 Å². The van der Waals surface area contributed by atoms with Gasteiger partial charge < -0.3 is 25.8 Å². The Hall–Kier alpha value is -1.91. The highest BCUT2D eigenvalue weighted by Crippen LogP contribution is 2.25. The Bertz CT molecular complexity index is 427. The van der Waals surface area contributed by atoms with Crippen LogP contribution in [0.15, 0.2) is 4.99 Å². The van der Waals surface area contributed by atoms with Crippen molar-refractivity contribution in [2.45, 2.75) is 24.9 Å². The third kappa shape index (κ3) is 2.45. The average molecular weight is 274 g/mol. The number of aliphatic imine (C=N–C) groups is 1. The summed E-state index contributed by atoms with van der Waals surface area (Å²) in [5, 5.41) is 27.5. The van der Waals surface area contributed by atoms with Gasteiger partial charge in [-0.25, -0.2) is 14.5 Å². The first-order chi connectivity index (χ1) is 8.93. The number of nitrogens with zero attached hydrogens (tertiary/aromatic N) is 3. The Morgan fingerprint density at radius 3 is 2.79 bits per heavy atom. The number of amides is 3. The molecule has 0 spiro atoms. The lowest BCUT2D eigenvalue weighted by Crippen LogP contribution is -2.56. The maximum atomic E-state index is 11.7. The molecule has 10 heteroatoms. The summed E-state index contributed by atoms with van der Waals surface area (Å²) in [4.78, 5) is 27.7. The number of aliphatic hydroxyl groups is 2. The number of aliphatic hydroxyl groups excluding tert-OH is 2. The molecule has 106 valence electrons. The van der Waals surface area contributed by atoms with Gasteiger partial charge in [-0.05, 0) is 0 Å². The van der Waals surface area contributed by atoms with Crippen LogP contribution in [0.5, 0.6) is 0 Å². The molecule has 5 N–H and O–H groups in total. The molecule has 0 aliphatic carbocycles. The van der Waals surface area contributed by atoms with Crippen LogP contribution in [0.2, 0.25) is 0 Å². The highest BCUT2D eigenvalue weighted by atomic mass is 16.5. The fourth-order valence-corrected chi connectivity index (χ4v) is 1.95. The van der Waals surface area contributed by atoms with Crippen molar-refractivity contribution in [3.05, 3.63) is 0 Å². The van der Waals surface area contributed by atoms with Crippen LogP contribution >= 0.6 is 0 Å². The Kier molecular flexibility index (Phi) is 3.55. The predicted molar refractivity (Wildman–Crippen MR) is 60.0 cm³/mol. The zero-order valence-corrected chi connectivity index (χ0v) is 9.84. The molecule has 3 amide bonds. The maximum Gasteiger partial charge on any atom is 0.415 e. The van der Waals surface area contributed by atoms with Gasteiger partial charge in [0.15, 0.2) is 0 Å². The van der Waals surface area contributed by atoms with Crippen molar-refractivity contribution in [2.75, 3.05) is 13.3 Å². The number of hydrogen-bond acceptors (Lipinski definition) is 6. The first-order valence-electron chi connectivity index (χ1n) is 5.53. The summed E-state index contributed by atoms with van der Waals surface area (Å²) < 4.78 is 5.27. The normalized spacial score (nSPS) is 31.6. The molecule has 2 heterocycles. The minimum atomic E-state index is -1.35. The molecule has 2 aliphatic rings. The molecule has 3 atom stereocenters. The quantitative estimate of drug-likeness (QED) is 0.461. The van der Waals surface area contributed by atoms with Gasteiger partial charge in [-0.2, -0.15) is 4.99 Å². The van der Waals surface area contributed by atoms with Crippen molar-refractivity contribution in [3.8, 4) is 0 Å². The highest BCUT2D eigenvalue weighted by molar-refractivity contribution is 6.00. The molecule has 2 aliphatic heterocycles. The van der Waals surface area contributed by atoms with Crippen LogP contribution < -0.4 is 5.73 Å². The third-order valence-corrected chi connectivity index (χ3v) is 2.99. The van der Waals surface area contributed by atoms with Crippen LogP contribution in [0.1, 0.15) is 6.42 Å². The standard InChI is InChI=1S/C9H14N4O6/c10-7-11-8(16)12(3-13(7)9(17)18)6-1-4(15)5(2-14)19-6/h4-6,14-15H,1-3H2,(H,17,18)(H2,10,11,16). The number of hydrogen-bond donors (Lipinski definition) is 4. The predicted octanol–water partition coefficient (Wildman–Crippen LogP) is -1.86. The summed E-state index contributed by atoms with van der Waals surface area (Å²) in [7, 11) is 0. The second kappa shape index (κ2) is 4.99.